The Hall–Kier alpha value is -0.640. The van der Waals surface area contributed by atoms with E-state index >= 15 is 0 Å². The summed E-state index contributed by atoms with van der Waals surface area (Å²) in [6.45, 7) is 7.17. The molecule has 0 fully saturated rings. The fourth-order valence-corrected chi connectivity index (χ4v) is 1.02. The third-order valence-corrected chi connectivity index (χ3v) is 1.87. The van der Waals surface area contributed by atoms with Gasteiger partial charge in [-0.3, -0.25) is 0 Å². The molecule has 0 aromatic heterocycles. The number of aliphatic hydroxyl groups excluding tert-OH is 2. The lowest BCUT2D eigenvalue weighted by molar-refractivity contribution is -0.0161. The van der Waals surface area contributed by atoms with E-state index in [1.54, 1.807) is 6.08 Å². The zero-order valence-corrected chi connectivity index (χ0v) is 8.56. The zero-order valence-electron chi connectivity index (χ0n) is 8.56. The normalized spacial score (nSPS) is 14.7. The maximum absolute atomic E-state index is 9.05. The van der Waals surface area contributed by atoms with Gasteiger partial charge in [-0.05, 0) is 19.3 Å². The van der Waals surface area contributed by atoms with Crippen LogP contribution in [-0.2, 0) is 4.74 Å². The van der Waals surface area contributed by atoms with Crippen LogP contribution in [0.5, 0.6) is 0 Å². The summed E-state index contributed by atoms with van der Waals surface area (Å²) in [6.07, 6.45) is 5.56. The molecule has 0 aromatic carbocycles. The molecule has 2 atom stereocenters. The number of hydrogen-bond acceptors (Lipinski definition) is 3. The van der Waals surface area contributed by atoms with Crippen LogP contribution in [0.25, 0.3) is 0 Å². The quantitative estimate of drug-likeness (QED) is 0.435. The van der Waals surface area contributed by atoms with Crippen molar-refractivity contribution >= 4 is 0 Å². The predicted octanol–water partition coefficient (Wildman–Crippen LogP) is 1.27. The van der Waals surface area contributed by atoms with Crippen LogP contribution in [0.3, 0.4) is 0 Å². The molecule has 0 spiro atoms. The highest BCUT2D eigenvalue weighted by atomic mass is 16.5. The van der Waals surface area contributed by atoms with Gasteiger partial charge in [0.1, 0.15) is 6.10 Å². The van der Waals surface area contributed by atoms with E-state index in [-0.39, 0.29) is 19.3 Å². The molecule has 0 saturated heterocycles. The Kier molecular flexibility index (Phi) is 8.53. The van der Waals surface area contributed by atoms with E-state index in [1.165, 1.54) is 0 Å². The molecule has 0 radical (unpaired) electrons. The first-order chi connectivity index (χ1) is 6.74. The highest BCUT2D eigenvalue weighted by molar-refractivity contribution is 4.81. The van der Waals surface area contributed by atoms with Crippen LogP contribution in [0.1, 0.15) is 19.3 Å². The lowest BCUT2D eigenvalue weighted by Gasteiger charge is -2.15. The number of aliphatic hydroxyl groups is 2. The summed E-state index contributed by atoms with van der Waals surface area (Å²) in [5.74, 6) is 0. The number of unbranched alkanes of at least 4 members (excludes halogenated alkanes) is 1. The van der Waals surface area contributed by atoms with Crippen molar-refractivity contribution in [1.29, 1.82) is 0 Å². The van der Waals surface area contributed by atoms with Crippen molar-refractivity contribution in [2.75, 3.05) is 13.2 Å². The van der Waals surface area contributed by atoms with E-state index in [2.05, 4.69) is 13.2 Å². The van der Waals surface area contributed by atoms with Crippen molar-refractivity contribution in [2.45, 2.75) is 31.5 Å². The molecule has 0 aliphatic rings. The number of hydrogen-bond donors (Lipinski definition) is 2. The summed E-state index contributed by atoms with van der Waals surface area (Å²) >= 11 is 0. The average molecular weight is 200 g/mol. The molecule has 2 N–H and O–H groups in total. The maximum atomic E-state index is 9.05. The van der Waals surface area contributed by atoms with Gasteiger partial charge in [-0.2, -0.15) is 0 Å². The summed E-state index contributed by atoms with van der Waals surface area (Å²) in [7, 11) is 0. The Morgan fingerprint density at radius 1 is 1.36 bits per heavy atom. The third kappa shape index (κ3) is 6.83. The van der Waals surface area contributed by atoms with Gasteiger partial charge in [0, 0.05) is 0 Å². The van der Waals surface area contributed by atoms with E-state index in [1.807, 2.05) is 6.08 Å². The standard InChI is InChI=1S/C11H20O3/c1-3-5-6-7-11(4-2)14-9-10(13)8-12/h3-4,10-13H,1-2,5-9H2. The van der Waals surface area contributed by atoms with Gasteiger partial charge in [0.05, 0.1) is 19.3 Å². The number of allylic oxidation sites excluding steroid dienone is 1. The van der Waals surface area contributed by atoms with Crippen LogP contribution < -0.4 is 0 Å². The van der Waals surface area contributed by atoms with Gasteiger partial charge in [0.15, 0.2) is 0 Å². The summed E-state index contributed by atoms with van der Waals surface area (Å²) in [5, 5.41) is 17.6. The van der Waals surface area contributed by atoms with Crippen molar-refractivity contribution in [3.63, 3.8) is 0 Å². The molecule has 0 aliphatic carbocycles. The first-order valence-corrected chi connectivity index (χ1v) is 4.88. The first-order valence-electron chi connectivity index (χ1n) is 4.88. The Balaban J connectivity index is 3.57. The second kappa shape index (κ2) is 8.94. The van der Waals surface area contributed by atoms with Crippen LogP contribution in [0, 0.1) is 0 Å². The number of ether oxygens (including phenoxy) is 1. The van der Waals surface area contributed by atoms with Gasteiger partial charge >= 0.3 is 0 Å². The lowest BCUT2D eigenvalue weighted by Crippen LogP contribution is -2.23. The molecule has 14 heavy (non-hydrogen) atoms. The molecule has 3 heteroatoms. The van der Waals surface area contributed by atoms with Crippen LogP contribution in [0.15, 0.2) is 25.3 Å². The molecule has 0 aromatic rings. The minimum absolute atomic E-state index is 0.0452. The van der Waals surface area contributed by atoms with Crippen molar-refractivity contribution in [1.82, 2.24) is 0 Å². The van der Waals surface area contributed by atoms with Crippen molar-refractivity contribution < 1.29 is 14.9 Å². The Labute approximate surface area is 85.7 Å². The lowest BCUT2D eigenvalue weighted by atomic mass is 10.1. The highest BCUT2D eigenvalue weighted by Gasteiger charge is 2.07. The van der Waals surface area contributed by atoms with E-state index in [0.29, 0.717) is 0 Å². The molecule has 0 amide bonds. The molecule has 0 heterocycles. The predicted molar refractivity (Wildman–Crippen MR) is 57.1 cm³/mol. The molecule has 3 nitrogen and oxygen atoms in total. The molecule has 2 unspecified atom stereocenters. The molecule has 0 bridgehead atoms. The van der Waals surface area contributed by atoms with Crippen LogP contribution >= 0.6 is 0 Å². The van der Waals surface area contributed by atoms with Crippen LogP contribution in [-0.4, -0.2) is 35.6 Å². The second-order valence-corrected chi connectivity index (χ2v) is 3.16. The molecule has 0 rings (SSSR count). The molecule has 82 valence electrons. The van der Waals surface area contributed by atoms with E-state index in [4.69, 9.17) is 14.9 Å². The van der Waals surface area contributed by atoms with Gasteiger partial charge in [0.2, 0.25) is 0 Å². The summed E-state index contributed by atoms with van der Waals surface area (Å²) in [4.78, 5) is 0. The fraction of sp³-hybridized carbons (Fsp3) is 0.636. The molecular weight excluding hydrogens is 180 g/mol. The number of rotatable bonds is 9. The van der Waals surface area contributed by atoms with Crippen molar-refractivity contribution in [2.24, 2.45) is 0 Å². The average Bonchev–Trinajstić information content (AvgIpc) is 2.22. The van der Waals surface area contributed by atoms with E-state index in [9.17, 15) is 0 Å². The largest absolute Gasteiger partial charge is 0.394 e. The van der Waals surface area contributed by atoms with Gasteiger partial charge in [-0.25, -0.2) is 0 Å². The SMILES string of the molecule is C=CCCCC(C=C)OCC(O)CO. The second-order valence-electron chi connectivity index (χ2n) is 3.16. The van der Waals surface area contributed by atoms with Crippen molar-refractivity contribution in [3.8, 4) is 0 Å². The Morgan fingerprint density at radius 2 is 2.07 bits per heavy atom. The maximum Gasteiger partial charge on any atom is 0.100 e. The smallest absolute Gasteiger partial charge is 0.100 e. The first kappa shape index (κ1) is 13.4. The van der Waals surface area contributed by atoms with Gasteiger partial charge in [0.25, 0.3) is 0 Å². The minimum atomic E-state index is -0.795. The van der Waals surface area contributed by atoms with Gasteiger partial charge in [-0.1, -0.05) is 12.2 Å². The topological polar surface area (TPSA) is 49.7 Å². The van der Waals surface area contributed by atoms with Crippen LogP contribution in [0.2, 0.25) is 0 Å². The minimum Gasteiger partial charge on any atom is -0.394 e. The molecule has 0 aliphatic heterocycles. The van der Waals surface area contributed by atoms with Gasteiger partial charge in [-0.15, -0.1) is 13.2 Å². The van der Waals surface area contributed by atoms with Crippen LogP contribution in [0.4, 0.5) is 0 Å². The third-order valence-electron chi connectivity index (χ3n) is 1.87. The van der Waals surface area contributed by atoms with E-state index in [0.717, 1.165) is 19.3 Å². The Morgan fingerprint density at radius 3 is 2.57 bits per heavy atom. The molecular formula is C11H20O3. The fourth-order valence-electron chi connectivity index (χ4n) is 1.02. The Bertz CT molecular complexity index is 157. The summed E-state index contributed by atoms with van der Waals surface area (Å²) in [5.41, 5.74) is 0. The zero-order chi connectivity index (χ0) is 10.8. The van der Waals surface area contributed by atoms with E-state index < -0.39 is 6.10 Å². The summed E-state index contributed by atoms with van der Waals surface area (Å²) < 4.78 is 5.33. The van der Waals surface area contributed by atoms with Gasteiger partial charge < -0.3 is 14.9 Å². The van der Waals surface area contributed by atoms with Crippen molar-refractivity contribution in [3.05, 3.63) is 25.3 Å². The highest BCUT2D eigenvalue weighted by Crippen LogP contribution is 2.06. The molecule has 0 saturated carbocycles. The summed E-state index contributed by atoms with van der Waals surface area (Å²) in [6, 6.07) is 0. The monoisotopic (exact) mass is 200 g/mol.